The molecule has 0 spiro atoms. The number of rotatable bonds is 9. The number of fused-ring (bicyclic) bond motifs is 1. The van der Waals surface area contributed by atoms with Crippen LogP contribution in [0.1, 0.15) is 34.5 Å². The van der Waals surface area contributed by atoms with Crippen LogP contribution in [0.3, 0.4) is 0 Å². The number of ether oxygens (including phenoxy) is 1. The van der Waals surface area contributed by atoms with Gasteiger partial charge in [-0.15, -0.1) is 0 Å². The number of benzene rings is 2. The van der Waals surface area contributed by atoms with Gasteiger partial charge in [0.2, 0.25) is 5.91 Å². The normalized spacial score (nSPS) is 17.3. The Morgan fingerprint density at radius 3 is 2.54 bits per heavy atom. The van der Waals surface area contributed by atoms with Crippen molar-refractivity contribution in [2.45, 2.75) is 25.3 Å². The Kier molecular flexibility index (Phi) is 9.07. The molecular formula is C26H28BFN4O9. The zero-order valence-corrected chi connectivity index (χ0v) is 22.0. The van der Waals surface area contributed by atoms with E-state index >= 15 is 0 Å². The summed E-state index contributed by atoms with van der Waals surface area (Å²) in [5.41, 5.74) is 0.552. The molecule has 1 fully saturated rings. The minimum absolute atomic E-state index is 0.0129. The maximum absolute atomic E-state index is 13.5. The molecule has 2 aliphatic heterocycles. The number of nitrogens with one attached hydrogen (secondary N) is 2. The summed E-state index contributed by atoms with van der Waals surface area (Å²) >= 11 is 0. The molecule has 0 radical (unpaired) electrons. The molecule has 2 aliphatic rings. The van der Waals surface area contributed by atoms with Crippen molar-refractivity contribution in [3.63, 3.8) is 0 Å². The minimum Gasteiger partial charge on any atom is -0.534 e. The van der Waals surface area contributed by atoms with Gasteiger partial charge in [0.1, 0.15) is 30.8 Å². The molecule has 41 heavy (non-hydrogen) atoms. The third-order valence-corrected chi connectivity index (χ3v) is 6.70. The molecule has 0 aliphatic carbocycles. The molecule has 4 rings (SSSR count). The van der Waals surface area contributed by atoms with E-state index in [0.717, 1.165) is 4.90 Å². The van der Waals surface area contributed by atoms with Crippen LogP contribution in [0.4, 0.5) is 9.18 Å². The molecule has 5 amide bonds. The second-order valence-corrected chi connectivity index (χ2v) is 9.26. The highest BCUT2D eigenvalue weighted by Gasteiger charge is 2.41. The molecule has 2 aromatic carbocycles. The first kappa shape index (κ1) is 29.3. The average molecular weight is 570 g/mol. The molecule has 2 atom stereocenters. The number of hydrogen-bond donors (Lipinski definition) is 4. The average Bonchev–Trinajstić information content (AvgIpc) is 2.96. The number of urea groups is 1. The van der Waals surface area contributed by atoms with Gasteiger partial charge >= 0.3 is 30.9 Å². The molecule has 1 unspecified atom stereocenters. The van der Waals surface area contributed by atoms with E-state index in [-0.39, 0.29) is 43.0 Å². The summed E-state index contributed by atoms with van der Waals surface area (Å²) in [6.45, 7) is 1.17. The molecule has 0 saturated carbocycles. The van der Waals surface area contributed by atoms with Gasteiger partial charge in [-0.25, -0.2) is 14.0 Å². The molecule has 0 aromatic heterocycles. The van der Waals surface area contributed by atoms with Gasteiger partial charge in [0.25, 0.3) is 0 Å². The zero-order valence-electron chi connectivity index (χ0n) is 22.0. The first-order chi connectivity index (χ1) is 19.6. The summed E-state index contributed by atoms with van der Waals surface area (Å²) < 4.78 is 23.1. The highest BCUT2D eigenvalue weighted by Crippen LogP contribution is 2.30. The van der Waals surface area contributed by atoms with Gasteiger partial charge in [-0.2, -0.15) is 0 Å². The number of carboxylic acid groups (broad SMARTS) is 1. The number of halogens is 1. The van der Waals surface area contributed by atoms with Crippen molar-refractivity contribution in [3.05, 3.63) is 59.2 Å². The lowest BCUT2D eigenvalue weighted by atomic mass is 9.72. The van der Waals surface area contributed by atoms with Gasteiger partial charge in [0.05, 0.1) is 11.5 Å². The van der Waals surface area contributed by atoms with E-state index in [4.69, 9.17) is 9.39 Å². The Balaban J connectivity index is 1.56. The second-order valence-electron chi connectivity index (χ2n) is 9.26. The van der Waals surface area contributed by atoms with Crippen LogP contribution in [0.15, 0.2) is 42.5 Å². The highest BCUT2D eigenvalue weighted by atomic mass is 19.1. The lowest BCUT2D eigenvalue weighted by Gasteiger charge is -2.33. The van der Waals surface area contributed by atoms with Gasteiger partial charge in [0.15, 0.2) is 0 Å². The van der Waals surface area contributed by atoms with Crippen molar-refractivity contribution in [2.75, 3.05) is 32.9 Å². The standard InChI is InChI=1S/C26H28BFN4O9/c1-2-31-11-12-32(24(35)23(31)34)26(38)30-20(15-6-8-17(9-7-15)40-13-10-28)22(33)29-19-14-16-4-3-5-18(25(36)37)21(16)41-27(19)39/h3-9,19-20,39H,2,10-14H2,1H3,(H,29,33)(H,30,38)(H,36,37)/t19-,20?/m0/s1. The topological polar surface area (TPSA) is 175 Å². The fourth-order valence-electron chi connectivity index (χ4n) is 4.57. The number of carbonyl (C=O) groups is 5. The number of likely N-dealkylation sites (N-methyl/N-ethyl adjacent to an activating group) is 1. The molecule has 1 saturated heterocycles. The molecule has 15 heteroatoms. The smallest absolute Gasteiger partial charge is 0.534 e. The Bertz CT molecular complexity index is 1340. The van der Waals surface area contributed by atoms with Crippen molar-refractivity contribution >= 4 is 36.8 Å². The van der Waals surface area contributed by atoms with Gasteiger partial charge < -0.3 is 35.1 Å². The van der Waals surface area contributed by atoms with Crippen LogP contribution < -0.4 is 20.0 Å². The van der Waals surface area contributed by atoms with Crippen LogP contribution in [-0.2, 0) is 20.8 Å². The number of piperazine rings is 1. The molecule has 0 bridgehead atoms. The van der Waals surface area contributed by atoms with Crippen LogP contribution >= 0.6 is 0 Å². The van der Waals surface area contributed by atoms with Gasteiger partial charge in [-0.05, 0) is 42.7 Å². The summed E-state index contributed by atoms with van der Waals surface area (Å²) in [5.74, 6) is -4.63. The Hall–Kier alpha value is -4.66. The number of aromatic carboxylic acids is 1. The maximum Gasteiger partial charge on any atom is 0.547 e. The third-order valence-electron chi connectivity index (χ3n) is 6.70. The van der Waals surface area contributed by atoms with Crippen molar-refractivity contribution < 1.29 is 47.9 Å². The Morgan fingerprint density at radius 2 is 1.88 bits per heavy atom. The number of carboxylic acids is 1. The van der Waals surface area contributed by atoms with E-state index in [1.54, 1.807) is 13.0 Å². The van der Waals surface area contributed by atoms with E-state index in [1.807, 2.05) is 0 Å². The second kappa shape index (κ2) is 12.7. The van der Waals surface area contributed by atoms with Gasteiger partial charge in [-0.3, -0.25) is 19.3 Å². The molecule has 2 aromatic rings. The number of alkyl halides is 1. The van der Waals surface area contributed by atoms with E-state index in [2.05, 4.69) is 10.6 Å². The monoisotopic (exact) mass is 570 g/mol. The van der Waals surface area contributed by atoms with Crippen molar-refractivity contribution in [1.29, 1.82) is 0 Å². The van der Waals surface area contributed by atoms with E-state index < -0.39 is 55.5 Å². The van der Waals surface area contributed by atoms with E-state index in [0.29, 0.717) is 17.9 Å². The molecule has 13 nitrogen and oxygen atoms in total. The Labute approximate surface area is 234 Å². The first-order valence-electron chi connectivity index (χ1n) is 12.8. The Morgan fingerprint density at radius 1 is 1.15 bits per heavy atom. The molecule has 2 heterocycles. The summed E-state index contributed by atoms with van der Waals surface area (Å²) in [7, 11) is -1.61. The van der Waals surface area contributed by atoms with Crippen molar-refractivity contribution in [1.82, 2.24) is 20.4 Å². The summed E-state index contributed by atoms with van der Waals surface area (Å²) in [5, 5.41) is 25.1. The van der Waals surface area contributed by atoms with Crippen LogP contribution in [0.5, 0.6) is 11.5 Å². The summed E-state index contributed by atoms with van der Waals surface area (Å²) in [4.78, 5) is 65.0. The predicted molar refractivity (Wildman–Crippen MR) is 141 cm³/mol. The van der Waals surface area contributed by atoms with Crippen molar-refractivity contribution in [2.24, 2.45) is 0 Å². The molecule has 4 N–H and O–H groups in total. The van der Waals surface area contributed by atoms with Crippen LogP contribution in [0, 0.1) is 0 Å². The third kappa shape index (κ3) is 6.40. The van der Waals surface area contributed by atoms with Gasteiger partial charge in [0, 0.05) is 19.6 Å². The van der Waals surface area contributed by atoms with Crippen LogP contribution in [0.2, 0.25) is 0 Å². The predicted octanol–water partition coefficient (Wildman–Crippen LogP) is 0.314. The number of amides is 5. The van der Waals surface area contributed by atoms with Crippen LogP contribution in [0.25, 0.3) is 0 Å². The number of carbonyl (C=O) groups excluding carboxylic acids is 4. The number of hydrogen-bond acceptors (Lipinski definition) is 8. The maximum atomic E-state index is 13.5. The molecule has 216 valence electrons. The fourth-order valence-corrected chi connectivity index (χ4v) is 4.57. The van der Waals surface area contributed by atoms with Crippen molar-refractivity contribution in [3.8, 4) is 11.5 Å². The van der Waals surface area contributed by atoms with E-state index in [1.165, 1.54) is 41.3 Å². The van der Waals surface area contributed by atoms with Gasteiger partial charge in [-0.1, -0.05) is 24.3 Å². The number of imide groups is 1. The number of para-hydroxylation sites is 1. The fraction of sp³-hybridized carbons (Fsp3) is 0.346. The largest absolute Gasteiger partial charge is 0.547 e. The van der Waals surface area contributed by atoms with Crippen LogP contribution in [-0.4, -0.2) is 95.6 Å². The quantitative estimate of drug-likeness (QED) is 0.244. The number of nitrogens with zero attached hydrogens (tertiary/aromatic N) is 2. The van der Waals surface area contributed by atoms with E-state index in [9.17, 15) is 38.5 Å². The zero-order chi connectivity index (χ0) is 29.7. The molecular weight excluding hydrogens is 542 g/mol. The summed E-state index contributed by atoms with van der Waals surface area (Å²) in [6.07, 6.45) is 0.0198. The first-order valence-corrected chi connectivity index (χ1v) is 12.8. The highest BCUT2D eigenvalue weighted by molar-refractivity contribution is 6.47. The lowest BCUT2D eigenvalue weighted by Crippen LogP contribution is -2.60. The minimum atomic E-state index is -1.61. The SMILES string of the molecule is CCN1CCN(C(=O)NC(C(=O)N[C@H]2Cc3cccc(C(=O)O)c3OB2O)c2ccc(OCCF)cc2)C(=O)C1=O. The lowest BCUT2D eigenvalue weighted by molar-refractivity contribution is -0.153. The summed E-state index contributed by atoms with van der Waals surface area (Å²) in [6, 6.07) is 7.91.